The lowest BCUT2D eigenvalue weighted by Gasteiger charge is -2.30. The minimum absolute atomic E-state index is 0.492. The Balaban J connectivity index is 2.47. The molecule has 0 aromatic carbocycles. The van der Waals surface area contributed by atoms with Crippen molar-refractivity contribution in [3.8, 4) is 0 Å². The summed E-state index contributed by atoms with van der Waals surface area (Å²) in [4.78, 5) is 0. The topological polar surface area (TPSA) is 52.8 Å². The highest BCUT2D eigenvalue weighted by Crippen LogP contribution is 2.29. The molecular weight excluding hydrogens is 142 g/mol. The van der Waals surface area contributed by atoms with E-state index in [1.54, 1.807) is 0 Å². The Morgan fingerprint density at radius 2 is 2.00 bits per heavy atom. The van der Waals surface area contributed by atoms with Crippen LogP contribution >= 0.6 is 0 Å². The first-order valence-electron chi connectivity index (χ1n) is 4.12. The number of hydrogen-bond donors (Lipinski definition) is 2. The minimum atomic E-state index is -0.492. The molecule has 64 valence electrons. The maximum absolute atomic E-state index is 9.76. The Morgan fingerprint density at radius 3 is 2.36 bits per heavy atom. The summed E-state index contributed by atoms with van der Waals surface area (Å²) in [6.45, 7) is 1.99. The molecule has 0 heterocycles. The number of oxime groups is 1. The summed E-state index contributed by atoms with van der Waals surface area (Å²) in [7, 11) is 0. The van der Waals surface area contributed by atoms with Crippen LogP contribution in [-0.2, 0) is 0 Å². The minimum Gasteiger partial charge on any atom is -0.411 e. The van der Waals surface area contributed by atoms with E-state index in [4.69, 9.17) is 5.21 Å². The molecule has 0 unspecified atom stereocenters. The first-order chi connectivity index (χ1) is 5.20. The van der Waals surface area contributed by atoms with E-state index in [1.165, 1.54) is 0 Å². The number of rotatable bonds is 1. The van der Waals surface area contributed by atoms with Crippen molar-refractivity contribution in [2.75, 3.05) is 0 Å². The van der Waals surface area contributed by atoms with Crippen LogP contribution in [0.25, 0.3) is 0 Å². The van der Waals surface area contributed by atoms with E-state index in [0.717, 1.165) is 37.8 Å². The van der Waals surface area contributed by atoms with Gasteiger partial charge in [0.2, 0.25) is 0 Å². The molecule has 0 aliphatic heterocycles. The maximum atomic E-state index is 9.76. The lowest BCUT2D eigenvalue weighted by atomic mass is 9.82. The van der Waals surface area contributed by atoms with Crippen molar-refractivity contribution in [1.29, 1.82) is 0 Å². The van der Waals surface area contributed by atoms with Crippen molar-refractivity contribution in [2.45, 2.75) is 44.6 Å². The van der Waals surface area contributed by atoms with E-state index in [1.807, 2.05) is 6.92 Å². The predicted molar refractivity (Wildman–Crippen MR) is 42.9 cm³/mol. The van der Waals surface area contributed by atoms with Gasteiger partial charge in [0.25, 0.3) is 0 Å². The van der Waals surface area contributed by atoms with E-state index < -0.39 is 5.60 Å². The Morgan fingerprint density at radius 1 is 1.45 bits per heavy atom. The monoisotopic (exact) mass is 157 g/mol. The van der Waals surface area contributed by atoms with Crippen molar-refractivity contribution in [2.24, 2.45) is 5.16 Å². The normalized spacial score (nSPS) is 32.0. The van der Waals surface area contributed by atoms with Crippen molar-refractivity contribution >= 4 is 5.71 Å². The molecule has 2 N–H and O–H groups in total. The summed E-state index contributed by atoms with van der Waals surface area (Å²) in [5, 5.41) is 21.3. The van der Waals surface area contributed by atoms with E-state index >= 15 is 0 Å². The molecule has 11 heavy (non-hydrogen) atoms. The average molecular weight is 157 g/mol. The van der Waals surface area contributed by atoms with Gasteiger partial charge in [-0.1, -0.05) is 12.1 Å². The molecule has 0 radical (unpaired) electrons. The molecule has 0 aromatic heterocycles. The number of aliphatic hydroxyl groups is 1. The van der Waals surface area contributed by atoms with Gasteiger partial charge in [0.1, 0.15) is 0 Å². The van der Waals surface area contributed by atoms with Gasteiger partial charge in [-0.05, 0) is 32.1 Å². The van der Waals surface area contributed by atoms with Crippen molar-refractivity contribution in [3.05, 3.63) is 0 Å². The molecule has 3 heteroatoms. The number of hydrogen-bond acceptors (Lipinski definition) is 3. The molecular formula is C8H15NO2. The lowest BCUT2D eigenvalue weighted by molar-refractivity contribution is 0.0163. The largest absolute Gasteiger partial charge is 0.411 e. The van der Waals surface area contributed by atoms with Gasteiger partial charge in [-0.25, -0.2) is 0 Å². The standard InChI is InChI=1S/C8H15NO2/c1-2-8(10)5-3-7(9-11)4-6-8/h10-11H,2-6H2,1H3. The highest BCUT2D eigenvalue weighted by atomic mass is 16.4. The predicted octanol–water partition coefficient (Wildman–Crippen LogP) is 1.53. The third-order valence-corrected chi connectivity index (χ3v) is 2.56. The van der Waals surface area contributed by atoms with Crippen LogP contribution in [0.5, 0.6) is 0 Å². The van der Waals surface area contributed by atoms with E-state index in [2.05, 4.69) is 5.16 Å². The quantitative estimate of drug-likeness (QED) is 0.448. The van der Waals surface area contributed by atoms with Gasteiger partial charge in [-0.2, -0.15) is 0 Å². The van der Waals surface area contributed by atoms with Crippen molar-refractivity contribution < 1.29 is 10.3 Å². The van der Waals surface area contributed by atoms with Crippen LogP contribution in [0.2, 0.25) is 0 Å². The van der Waals surface area contributed by atoms with Gasteiger partial charge < -0.3 is 10.3 Å². The fourth-order valence-corrected chi connectivity index (χ4v) is 1.46. The zero-order valence-corrected chi connectivity index (χ0v) is 6.88. The lowest BCUT2D eigenvalue weighted by Crippen LogP contribution is -2.33. The molecule has 3 nitrogen and oxygen atoms in total. The van der Waals surface area contributed by atoms with Gasteiger partial charge in [0.15, 0.2) is 0 Å². The summed E-state index contributed by atoms with van der Waals surface area (Å²) in [6, 6.07) is 0. The summed E-state index contributed by atoms with van der Waals surface area (Å²) in [6.07, 6.45) is 3.75. The number of nitrogens with zero attached hydrogens (tertiary/aromatic N) is 1. The van der Waals surface area contributed by atoms with Gasteiger partial charge >= 0.3 is 0 Å². The smallest absolute Gasteiger partial charge is 0.0652 e. The van der Waals surface area contributed by atoms with E-state index in [-0.39, 0.29) is 0 Å². The Labute approximate surface area is 66.7 Å². The Hall–Kier alpha value is -0.570. The first-order valence-corrected chi connectivity index (χ1v) is 4.12. The van der Waals surface area contributed by atoms with Crippen LogP contribution in [-0.4, -0.2) is 21.6 Å². The van der Waals surface area contributed by atoms with E-state index in [9.17, 15) is 5.11 Å². The third kappa shape index (κ3) is 1.93. The molecule has 0 spiro atoms. The Bertz CT molecular complexity index is 155. The molecule has 0 bridgehead atoms. The molecule has 1 aliphatic carbocycles. The van der Waals surface area contributed by atoms with Gasteiger partial charge in [0, 0.05) is 0 Å². The summed E-state index contributed by atoms with van der Waals surface area (Å²) in [5.41, 5.74) is 0.330. The van der Waals surface area contributed by atoms with Crippen LogP contribution in [0.15, 0.2) is 5.16 Å². The second-order valence-corrected chi connectivity index (χ2v) is 3.24. The third-order valence-electron chi connectivity index (χ3n) is 2.56. The molecule has 1 fully saturated rings. The van der Waals surface area contributed by atoms with Crippen molar-refractivity contribution in [1.82, 2.24) is 0 Å². The highest BCUT2D eigenvalue weighted by molar-refractivity contribution is 5.84. The van der Waals surface area contributed by atoms with Crippen LogP contribution in [0, 0.1) is 0 Å². The second kappa shape index (κ2) is 3.22. The molecule has 1 rings (SSSR count). The highest BCUT2D eigenvalue weighted by Gasteiger charge is 2.29. The first kappa shape index (κ1) is 8.53. The van der Waals surface area contributed by atoms with Gasteiger partial charge in [-0.3, -0.25) is 0 Å². The van der Waals surface area contributed by atoms with Gasteiger partial charge in [0.05, 0.1) is 11.3 Å². The van der Waals surface area contributed by atoms with Crippen molar-refractivity contribution in [3.63, 3.8) is 0 Å². The fraction of sp³-hybridized carbons (Fsp3) is 0.875. The summed E-state index contributed by atoms with van der Waals surface area (Å²) >= 11 is 0. The second-order valence-electron chi connectivity index (χ2n) is 3.24. The maximum Gasteiger partial charge on any atom is 0.0652 e. The summed E-state index contributed by atoms with van der Waals surface area (Å²) < 4.78 is 0. The summed E-state index contributed by atoms with van der Waals surface area (Å²) in [5.74, 6) is 0. The van der Waals surface area contributed by atoms with Crippen LogP contribution in [0.4, 0.5) is 0 Å². The molecule has 0 aromatic rings. The van der Waals surface area contributed by atoms with E-state index in [0.29, 0.717) is 0 Å². The van der Waals surface area contributed by atoms with Crippen LogP contribution in [0.1, 0.15) is 39.0 Å². The molecule has 0 atom stereocenters. The van der Waals surface area contributed by atoms with Crippen LogP contribution < -0.4 is 0 Å². The molecule has 1 saturated carbocycles. The zero-order chi connectivity index (χ0) is 8.32. The SMILES string of the molecule is CCC1(O)CCC(=NO)CC1. The molecule has 0 amide bonds. The van der Waals surface area contributed by atoms with Crippen LogP contribution in [0.3, 0.4) is 0 Å². The fourth-order valence-electron chi connectivity index (χ4n) is 1.46. The molecule has 1 aliphatic rings. The molecule has 0 saturated heterocycles. The van der Waals surface area contributed by atoms with Gasteiger partial charge in [-0.15, -0.1) is 0 Å². The average Bonchev–Trinajstić information content (AvgIpc) is 2.06. The Kier molecular flexibility index (Phi) is 2.49. The zero-order valence-electron chi connectivity index (χ0n) is 6.88.